The van der Waals surface area contributed by atoms with Crippen molar-refractivity contribution in [2.45, 2.75) is 111 Å². The van der Waals surface area contributed by atoms with Crippen LogP contribution in [0.1, 0.15) is 69.6 Å². The predicted octanol–water partition coefficient (Wildman–Crippen LogP) is 14.0. The van der Waals surface area contributed by atoms with Crippen LogP contribution in [-0.2, 0) is 60.4 Å². The van der Waals surface area contributed by atoms with E-state index in [9.17, 15) is 73.4 Å². The molecule has 6 aromatic heterocycles. The molecule has 0 radical (unpaired) electrons. The number of aliphatic hydroxyl groups is 2. The van der Waals surface area contributed by atoms with Gasteiger partial charge in [-0.15, -0.1) is 39.5 Å². The molecule has 26 nitrogen and oxygen atoms in total. The Balaban J connectivity index is 0.000000195. The minimum absolute atomic E-state index is 0.00363. The molecule has 0 saturated carbocycles. The molecular formula is C73H74BrCl3F9N15O11. The Hall–Kier alpha value is -10.8. The average molecular weight is 1690 g/mol. The van der Waals surface area contributed by atoms with Crippen LogP contribution in [0.25, 0.3) is 33.5 Å². The third kappa shape index (κ3) is 22.9. The quantitative estimate of drug-likeness (QED) is 0.0239. The van der Waals surface area contributed by atoms with E-state index >= 15 is 0 Å². The molecule has 0 spiro atoms. The highest BCUT2D eigenvalue weighted by atomic mass is 79.9. The first kappa shape index (κ1) is 86.8. The molecular weight excluding hydrogens is 1620 g/mol. The van der Waals surface area contributed by atoms with Crippen molar-refractivity contribution in [2.24, 2.45) is 21.1 Å². The van der Waals surface area contributed by atoms with Crippen LogP contribution in [-0.4, -0.2) is 98.6 Å². The third-order valence-electron chi connectivity index (χ3n) is 16.2. The Labute approximate surface area is 653 Å². The molecule has 0 aliphatic heterocycles. The zero-order valence-corrected chi connectivity index (χ0v) is 64.3. The van der Waals surface area contributed by atoms with Gasteiger partial charge in [0.05, 0.1) is 19.6 Å². The second-order valence-corrected chi connectivity index (χ2v) is 26.4. The van der Waals surface area contributed by atoms with Gasteiger partial charge in [-0.2, -0.15) is 9.97 Å². The number of hydrogen-bond donors (Lipinski definition) is 5. The summed E-state index contributed by atoms with van der Waals surface area (Å²) in [5.41, 5.74) is 6.94. The Bertz CT molecular complexity index is 5400. The topological polar surface area (TPSA) is 304 Å². The van der Waals surface area contributed by atoms with Crippen LogP contribution < -0.4 is 64.3 Å². The number of unbranched alkanes of at least 4 members (excludes halogenated alkanes) is 2. The number of imidazole rings is 3. The summed E-state index contributed by atoms with van der Waals surface area (Å²) in [4.78, 5) is 91.2. The molecule has 0 unspecified atom stereocenters. The molecule has 0 aliphatic rings. The van der Waals surface area contributed by atoms with Gasteiger partial charge >= 0.3 is 36.2 Å². The summed E-state index contributed by atoms with van der Waals surface area (Å²) < 4.78 is 135. The summed E-state index contributed by atoms with van der Waals surface area (Å²) in [6, 6.07) is 36.8. The number of benzene rings is 6. The summed E-state index contributed by atoms with van der Waals surface area (Å²) in [6.45, 7) is 7.15. The highest BCUT2D eigenvalue weighted by molar-refractivity contribution is 9.10. The Morgan fingerprint density at radius 3 is 1.06 bits per heavy atom. The number of aromatic nitrogens is 12. The molecule has 0 amide bonds. The number of nitrogens with two attached hydrogens (primary N) is 1. The number of halogens is 13. The average Bonchev–Trinajstić information content (AvgIpc) is 1.62. The predicted molar refractivity (Wildman–Crippen MR) is 412 cm³/mol. The molecule has 0 aliphatic carbocycles. The van der Waals surface area contributed by atoms with E-state index in [2.05, 4.69) is 55.7 Å². The monoisotopic (exact) mass is 1690 g/mol. The largest absolute Gasteiger partial charge is 0.573 e. The van der Waals surface area contributed by atoms with Gasteiger partial charge in [0.1, 0.15) is 17.2 Å². The van der Waals surface area contributed by atoms with Crippen LogP contribution in [0.4, 0.5) is 68.5 Å². The van der Waals surface area contributed by atoms with Crippen molar-refractivity contribution >= 4 is 113 Å². The number of anilines is 5. The standard InChI is InChI=1S/C24H23ClF3N5O3.C23H21ClF3N5O4.C17H18BrClN4O2.C7H6F3NO.C2H6O/c1-3-4-12-32-21(34)19-20(31(2)23(32)35)30-22(33(19)14-15-8-10-16(25)11-9-15)29-17-6-5-7-18(13-17)36-24(26,27)28;1-30-19-18(20(34)31(22(30)35)10-3-11-33)32(13-14-6-8-15(24)9-7-14)21(29-19)28-16-4-2-5-17(12-16)36-23(25,26)27;1-3-4-9-22-15(24)13-14(21(2)17(22)25)20-16(18)23(13)10-11-5-7-12(19)8-6-11;8-7(9,10)12-6-3-1-2-5(11)4-6;1-2-3/h5-11,13H,3-4,12,14H2,1-2H3,(H,29,30);2,4-9,12,33H,3,10-11,13H2,1H3,(H,28,29);5-8H,3-4,9-10H2,1-2H3;1-4H,11H2;3H,2H2,1H3. The van der Waals surface area contributed by atoms with E-state index < -0.39 is 53.1 Å². The van der Waals surface area contributed by atoms with E-state index in [0.29, 0.717) is 50.5 Å². The van der Waals surface area contributed by atoms with Crippen molar-refractivity contribution in [1.29, 1.82) is 0 Å². The highest BCUT2D eigenvalue weighted by Gasteiger charge is 2.34. The Morgan fingerprint density at radius 1 is 0.438 bits per heavy atom. The van der Waals surface area contributed by atoms with Gasteiger partial charge in [0.25, 0.3) is 16.7 Å². The van der Waals surface area contributed by atoms with E-state index in [0.717, 1.165) is 64.8 Å². The van der Waals surface area contributed by atoms with Gasteiger partial charge in [0.15, 0.2) is 38.2 Å². The maximum absolute atomic E-state index is 13.4. The molecule has 112 heavy (non-hydrogen) atoms. The number of nitrogens with one attached hydrogen (secondary N) is 2. The van der Waals surface area contributed by atoms with Crippen molar-refractivity contribution in [1.82, 2.24) is 56.1 Å². The summed E-state index contributed by atoms with van der Waals surface area (Å²) in [5, 5.41) is 24.4. The first-order chi connectivity index (χ1) is 53.0. The highest BCUT2D eigenvalue weighted by Crippen LogP contribution is 2.32. The molecule has 598 valence electrons. The fraction of sp³-hybridized carbons (Fsp3) is 0.301. The first-order valence-electron chi connectivity index (χ1n) is 34.0. The maximum atomic E-state index is 13.4. The van der Waals surface area contributed by atoms with E-state index in [4.69, 9.17) is 45.6 Å². The summed E-state index contributed by atoms with van der Waals surface area (Å²) in [7, 11) is 4.62. The fourth-order valence-electron chi connectivity index (χ4n) is 11.0. The minimum atomic E-state index is -4.86. The molecule has 12 aromatic rings. The number of aryl methyl sites for hydroxylation is 3. The zero-order valence-electron chi connectivity index (χ0n) is 60.5. The van der Waals surface area contributed by atoms with Gasteiger partial charge in [-0.25, -0.2) is 19.4 Å². The van der Waals surface area contributed by atoms with Gasteiger partial charge in [-0.05, 0) is 132 Å². The fourth-order valence-corrected chi connectivity index (χ4v) is 11.9. The number of alkyl halides is 9. The van der Waals surface area contributed by atoms with E-state index in [-0.39, 0.29) is 114 Å². The number of fused-ring (bicyclic) bond motifs is 3. The first-order valence-corrected chi connectivity index (χ1v) is 36.0. The lowest BCUT2D eigenvalue weighted by Crippen LogP contribution is -2.39. The van der Waals surface area contributed by atoms with Crippen LogP contribution in [0.15, 0.2) is 179 Å². The minimum Gasteiger partial charge on any atom is -0.406 e. The normalized spacial score (nSPS) is 11.4. The van der Waals surface area contributed by atoms with Crippen LogP contribution in [0.3, 0.4) is 0 Å². The summed E-state index contributed by atoms with van der Waals surface area (Å²) in [6.07, 6.45) is -11.1. The van der Waals surface area contributed by atoms with Gasteiger partial charge in [-0.3, -0.25) is 50.9 Å². The number of rotatable bonds is 22. The lowest BCUT2D eigenvalue weighted by Gasteiger charge is -2.13. The van der Waals surface area contributed by atoms with Gasteiger partial charge in [0, 0.05) is 104 Å². The molecule has 39 heteroatoms. The van der Waals surface area contributed by atoms with Crippen LogP contribution in [0.5, 0.6) is 17.2 Å². The number of aliphatic hydroxyl groups excluding tert-OH is 2. The molecule has 6 heterocycles. The lowest BCUT2D eigenvalue weighted by molar-refractivity contribution is -0.275. The third-order valence-corrected chi connectivity index (χ3v) is 17.5. The van der Waals surface area contributed by atoms with E-state index in [1.54, 1.807) is 83.8 Å². The summed E-state index contributed by atoms with van der Waals surface area (Å²) in [5.74, 6) is -0.864. The molecule has 6 N–H and O–H groups in total. The van der Waals surface area contributed by atoms with Crippen molar-refractivity contribution in [2.75, 3.05) is 29.6 Å². The molecule has 12 rings (SSSR count). The number of nitrogen functional groups attached to an aromatic ring is 1. The second-order valence-electron chi connectivity index (χ2n) is 24.4. The van der Waals surface area contributed by atoms with Crippen molar-refractivity contribution in [3.63, 3.8) is 0 Å². The van der Waals surface area contributed by atoms with Crippen LogP contribution >= 0.6 is 50.7 Å². The molecule has 0 saturated heterocycles. The molecule has 0 bridgehead atoms. The number of ether oxygens (including phenoxy) is 3. The smallest absolute Gasteiger partial charge is 0.406 e. The number of nitrogens with zero attached hydrogens (tertiary/aromatic N) is 12. The Kier molecular flexibility index (Phi) is 29.8. The SMILES string of the molecule is CCCCn1c(=O)c2c(nc(Br)n2Cc2ccc(Cl)cc2)n(C)c1=O.CCCCn1c(=O)c2c(nc(Nc3cccc(OC(F)(F)F)c3)n2Cc2ccc(Cl)cc2)n(C)c1=O.CCO.Cn1c(=O)n(CCCO)c(=O)c2c1nc(Nc1cccc(OC(F)(F)F)c1)n2Cc1ccc(Cl)cc1.Nc1cccc(OC(F)(F)F)c1. The van der Waals surface area contributed by atoms with E-state index in [1.165, 1.54) is 90.0 Å². The lowest BCUT2D eigenvalue weighted by atomic mass is 10.2. The number of hydrogen-bond acceptors (Lipinski definition) is 17. The summed E-state index contributed by atoms with van der Waals surface area (Å²) >= 11 is 21.3. The van der Waals surface area contributed by atoms with Gasteiger partial charge in [0.2, 0.25) is 11.9 Å². The van der Waals surface area contributed by atoms with Crippen LogP contribution in [0.2, 0.25) is 15.1 Å². The van der Waals surface area contributed by atoms with Crippen molar-refractivity contribution in [3.05, 3.63) is 245 Å². The van der Waals surface area contributed by atoms with Gasteiger partial charge in [-0.1, -0.05) is 116 Å². The maximum Gasteiger partial charge on any atom is 0.573 e. The molecule has 0 atom stereocenters. The van der Waals surface area contributed by atoms with Crippen molar-refractivity contribution < 1.29 is 63.9 Å². The van der Waals surface area contributed by atoms with E-state index in [1.807, 2.05) is 26.0 Å². The van der Waals surface area contributed by atoms with Crippen molar-refractivity contribution in [3.8, 4) is 17.2 Å². The second kappa shape index (κ2) is 38.4. The molecule has 0 fully saturated rings. The zero-order chi connectivity index (χ0) is 82.1. The molecule has 6 aromatic carbocycles. The van der Waals surface area contributed by atoms with Gasteiger partial charge < -0.3 is 45.4 Å². The Morgan fingerprint density at radius 2 is 0.741 bits per heavy atom. The van der Waals surface area contributed by atoms with Crippen LogP contribution in [0, 0.1) is 0 Å².